The first-order chi connectivity index (χ1) is 7.88. The van der Waals surface area contributed by atoms with Gasteiger partial charge in [0.15, 0.2) is 6.10 Å². The Bertz CT molecular complexity index is 314. The van der Waals surface area contributed by atoms with Crippen LogP contribution in [0.2, 0.25) is 0 Å². The van der Waals surface area contributed by atoms with E-state index in [1.807, 2.05) is 0 Å². The van der Waals surface area contributed by atoms with E-state index in [0.717, 1.165) is 6.08 Å². The van der Waals surface area contributed by atoms with Gasteiger partial charge in [0.05, 0.1) is 6.61 Å². The van der Waals surface area contributed by atoms with Gasteiger partial charge in [-0.25, -0.2) is 4.79 Å². The van der Waals surface area contributed by atoms with Crippen molar-refractivity contribution >= 4 is 5.97 Å². The zero-order valence-electron chi connectivity index (χ0n) is 8.67. The van der Waals surface area contributed by atoms with Crippen LogP contribution in [0, 0.1) is 0 Å². The number of hydrogen-bond donors (Lipinski definition) is 6. The molecule has 17 heavy (non-hydrogen) atoms. The average Bonchev–Trinajstić information content (AvgIpc) is 2.30. The summed E-state index contributed by atoms with van der Waals surface area (Å²) in [5.41, 5.74) is 0. The van der Waals surface area contributed by atoms with Gasteiger partial charge < -0.3 is 35.4 Å². The summed E-state index contributed by atoms with van der Waals surface area (Å²) in [4.78, 5) is 10.6. The fraction of sp³-hybridized carbons (Fsp3) is 0.667. The summed E-state index contributed by atoms with van der Waals surface area (Å²) in [6.45, 7) is -0.796. The smallest absolute Gasteiger partial charge is 0.370 e. The summed E-state index contributed by atoms with van der Waals surface area (Å²) in [7, 11) is 0. The number of aliphatic hydroxyl groups excluding tert-OH is 5. The molecule has 5 atom stereocenters. The second kappa shape index (κ2) is 5.43. The number of hydrogen-bond acceptors (Lipinski definition) is 7. The fourth-order valence-electron chi connectivity index (χ4n) is 1.42. The molecule has 0 saturated heterocycles. The number of carboxylic acid groups (broad SMARTS) is 1. The lowest BCUT2D eigenvalue weighted by Gasteiger charge is -2.34. The Balaban J connectivity index is 2.87. The third kappa shape index (κ3) is 2.93. The highest BCUT2D eigenvalue weighted by Gasteiger charge is 2.41. The molecule has 0 fully saturated rings. The second-order valence-corrected chi connectivity index (χ2v) is 3.64. The van der Waals surface area contributed by atoms with Crippen LogP contribution >= 0.6 is 0 Å². The maximum atomic E-state index is 10.6. The Morgan fingerprint density at radius 2 is 2.00 bits per heavy atom. The number of carbonyl (C=O) groups is 1. The van der Waals surface area contributed by atoms with Gasteiger partial charge in [-0.15, -0.1) is 0 Å². The molecule has 0 aromatic carbocycles. The first kappa shape index (κ1) is 13.9. The molecule has 0 unspecified atom stereocenters. The molecule has 0 bridgehead atoms. The number of aliphatic carboxylic acids is 1. The fourth-order valence-corrected chi connectivity index (χ4v) is 1.42. The van der Waals surface area contributed by atoms with E-state index in [9.17, 15) is 20.1 Å². The third-order valence-electron chi connectivity index (χ3n) is 2.40. The Kier molecular flexibility index (Phi) is 4.43. The minimum atomic E-state index is -1.73. The molecule has 1 aliphatic heterocycles. The SMILES string of the molecule is O=C(O)C1=C[C@H](O)[C@@H](O)[C@H]([C@H](O)[C@H](O)CO)O1. The number of rotatable bonds is 4. The van der Waals surface area contributed by atoms with Crippen LogP contribution < -0.4 is 0 Å². The Morgan fingerprint density at radius 1 is 1.41 bits per heavy atom. The highest BCUT2D eigenvalue weighted by molar-refractivity contribution is 5.84. The van der Waals surface area contributed by atoms with Crippen molar-refractivity contribution in [2.75, 3.05) is 6.61 Å². The summed E-state index contributed by atoms with van der Waals surface area (Å²) in [5.74, 6) is -2.12. The third-order valence-corrected chi connectivity index (χ3v) is 2.40. The van der Waals surface area contributed by atoms with E-state index in [4.69, 9.17) is 20.1 Å². The van der Waals surface area contributed by atoms with Crippen molar-refractivity contribution in [3.63, 3.8) is 0 Å². The van der Waals surface area contributed by atoms with Crippen molar-refractivity contribution in [1.29, 1.82) is 0 Å². The maximum absolute atomic E-state index is 10.6. The summed E-state index contributed by atoms with van der Waals surface area (Å²) in [6, 6.07) is 0. The van der Waals surface area contributed by atoms with Crippen LogP contribution in [0.3, 0.4) is 0 Å². The molecule has 98 valence electrons. The monoisotopic (exact) mass is 250 g/mol. The van der Waals surface area contributed by atoms with Gasteiger partial charge in [-0.1, -0.05) is 0 Å². The molecule has 0 saturated carbocycles. The van der Waals surface area contributed by atoms with Crippen molar-refractivity contribution < 1.29 is 40.2 Å². The lowest BCUT2D eigenvalue weighted by atomic mass is 9.96. The van der Waals surface area contributed by atoms with Crippen LogP contribution in [0.25, 0.3) is 0 Å². The predicted molar refractivity (Wildman–Crippen MR) is 51.7 cm³/mol. The molecular weight excluding hydrogens is 236 g/mol. The van der Waals surface area contributed by atoms with Crippen molar-refractivity contribution in [3.05, 3.63) is 11.8 Å². The standard InChI is InChI=1S/C9H14O8/c10-2-4(12)7(14)8-6(13)3(11)1-5(17-8)9(15)16/h1,3-4,6-8,10-14H,2H2,(H,15,16)/t3-,4+,6+,7+,8+/m0/s1. The van der Waals surface area contributed by atoms with E-state index >= 15 is 0 Å². The molecule has 1 aliphatic rings. The Hall–Kier alpha value is -1.19. The molecule has 1 rings (SSSR count). The van der Waals surface area contributed by atoms with Crippen LogP contribution in [0.15, 0.2) is 11.8 Å². The molecule has 1 heterocycles. The molecule has 0 aromatic rings. The topological polar surface area (TPSA) is 148 Å². The summed E-state index contributed by atoms with van der Waals surface area (Å²) < 4.78 is 4.75. The number of carboxylic acids is 1. The molecular formula is C9H14O8. The van der Waals surface area contributed by atoms with E-state index in [1.54, 1.807) is 0 Å². The summed E-state index contributed by atoms with van der Waals surface area (Å²) in [5, 5.41) is 54.8. The van der Waals surface area contributed by atoms with Crippen molar-refractivity contribution in [2.45, 2.75) is 30.5 Å². The van der Waals surface area contributed by atoms with Crippen LogP contribution in [-0.2, 0) is 9.53 Å². The van der Waals surface area contributed by atoms with Crippen LogP contribution in [-0.4, -0.2) is 73.7 Å². The number of ether oxygens (including phenoxy) is 1. The lowest BCUT2D eigenvalue weighted by Crippen LogP contribution is -2.53. The maximum Gasteiger partial charge on any atom is 0.370 e. The molecule has 0 spiro atoms. The zero-order chi connectivity index (χ0) is 13.2. The van der Waals surface area contributed by atoms with Gasteiger partial charge in [0.1, 0.15) is 24.4 Å². The highest BCUT2D eigenvalue weighted by atomic mass is 16.5. The van der Waals surface area contributed by atoms with Gasteiger partial charge in [-0.2, -0.15) is 0 Å². The van der Waals surface area contributed by atoms with Gasteiger partial charge in [-0.3, -0.25) is 0 Å². The van der Waals surface area contributed by atoms with Crippen molar-refractivity contribution in [2.24, 2.45) is 0 Å². The van der Waals surface area contributed by atoms with E-state index in [0.29, 0.717) is 0 Å². The molecule has 8 heteroatoms. The van der Waals surface area contributed by atoms with Gasteiger partial charge in [0, 0.05) is 0 Å². The average molecular weight is 250 g/mol. The highest BCUT2D eigenvalue weighted by Crippen LogP contribution is 2.22. The van der Waals surface area contributed by atoms with Crippen LogP contribution in [0.1, 0.15) is 0 Å². The quantitative estimate of drug-likeness (QED) is 0.305. The molecule has 8 nitrogen and oxygen atoms in total. The van der Waals surface area contributed by atoms with E-state index in [2.05, 4.69) is 0 Å². The normalized spacial score (nSPS) is 32.3. The molecule has 0 aliphatic carbocycles. The van der Waals surface area contributed by atoms with Crippen molar-refractivity contribution in [1.82, 2.24) is 0 Å². The summed E-state index contributed by atoms with van der Waals surface area (Å²) in [6.07, 6.45) is -7.25. The second-order valence-electron chi connectivity index (χ2n) is 3.64. The minimum Gasteiger partial charge on any atom is -0.478 e. The van der Waals surface area contributed by atoms with Crippen molar-refractivity contribution in [3.8, 4) is 0 Å². The molecule has 0 aromatic heterocycles. The van der Waals surface area contributed by atoms with Gasteiger partial charge in [-0.05, 0) is 6.08 Å². The Morgan fingerprint density at radius 3 is 2.47 bits per heavy atom. The first-order valence-electron chi connectivity index (χ1n) is 4.83. The molecule has 0 radical (unpaired) electrons. The van der Waals surface area contributed by atoms with Crippen LogP contribution in [0.4, 0.5) is 0 Å². The summed E-state index contributed by atoms with van der Waals surface area (Å²) >= 11 is 0. The van der Waals surface area contributed by atoms with E-state index in [1.165, 1.54) is 0 Å². The van der Waals surface area contributed by atoms with Gasteiger partial charge >= 0.3 is 5.97 Å². The molecule has 6 N–H and O–H groups in total. The lowest BCUT2D eigenvalue weighted by molar-refractivity contribution is -0.164. The van der Waals surface area contributed by atoms with Gasteiger partial charge in [0.25, 0.3) is 0 Å². The largest absolute Gasteiger partial charge is 0.478 e. The van der Waals surface area contributed by atoms with E-state index in [-0.39, 0.29) is 0 Å². The first-order valence-corrected chi connectivity index (χ1v) is 4.83. The minimum absolute atomic E-state index is 0.642. The number of aliphatic hydroxyl groups is 5. The molecule has 0 amide bonds. The predicted octanol–water partition coefficient (Wildman–Crippen LogP) is -3.21. The Labute approximate surface area is 96.0 Å². The van der Waals surface area contributed by atoms with Crippen LogP contribution in [0.5, 0.6) is 0 Å². The van der Waals surface area contributed by atoms with Gasteiger partial charge in [0.2, 0.25) is 5.76 Å². The zero-order valence-corrected chi connectivity index (χ0v) is 8.67. The van der Waals surface area contributed by atoms with E-state index < -0.39 is 48.9 Å².